The highest BCUT2D eigenvalue weighted by atomic mass is 32.1. The molecule has 1 heterocycles. The molecule has 1 amide bonds. The van der Waals surface area contributed by atoms with Gasteiger partial charge < -0.3 is 14.8 Å². The molecule has 120 valence electrons. The zero-order chi connectivity index (χ0) is 16.7. The van der Waals surface area contributed by atoms with Crippen LogP contribution in [0.1, 0.15) is 20.2 Å². The Morgan fingerprint density at radius 1 is 1.39 bits per heavy atom. The first-order chi connectivity index (χ1) is 11.2. The Hall–Kier alpha value is -2.60. The normalized spacial score (nSPS) is 10.5. The van der Waals surface area contributed by atoms with Crippen molar-refractivity contribution in [3.05, 3.63) is 52.5 Å². The molecule has 0 atom stereocenters. The maximum Gasteiger partial charge on any atom is 0.262 e. The van der Waals surface area contributed by atoms with Gasteiger partial charge in [0.1, 0.15) is 16.5 Å². The molecule has 0 aliphatic carbocycles. The number of nitrogens with zero attached hydrogens (tertiary/aromatic N) is 1. The van der Waals surface area contributed by atoms with Crippen LogP contribution in [0.5, 0.6) is 11.5 Å². The van der Waals surface area contributed by atoms with E-state index in [2.05, 4.69) is 16.9 Å². The van der Waals surface area contributed by atoms with Crippen LogP contribution in [0.15, 0.2) is 37.1 Å². The summed E-state index contributed by atoms with van der Waals surface area (Å²) < 4.78 is 10.8. The van der Waals surface area contributed by atoms with Crippen LogP contribution in [0.4, 0.5) is 0 Å². The lowest BCUT2D eigenvalue weighted by molar-refractivity contribution is 0.0967. The fourth-order valence-electron chi connectivity index (χ4n) is 1.82. The van der Waals surface area contributed by atoms with Gasteiger partial charge >= 0.3 is 0 Å². The fourth-order valence-corrected chi connectivity index (χ4v) is 2.58. The monoisotopic (exact) mass is 330 g/mol. The van der Waals surface area contributed by atoms with E-state index in [4.69, 9.17) is 9.47 Å². The number of carbonyl (C=O) groups excluding carboxylic acids is 1. The maximum absolute atomic E-state index is 11.5. The minimum absolute atomic E-state index is 0.132. The lowest BCUT2D eigenvalue weighted by atomic mass is 10.2. The lowest BCUT2D eigenvalue weighted by Crippen LogP contribution is -2.16. The van der Waals surface area contributed by atoms with Gasteiger partial charge in [0, 0.05) is 7.05 Å². The maximum atomic E-state index is 11.5. The third-order valence-corrected chi connectivity index (χ3v) is 3.90. The van der Waals surface area contributed by atoms with Crippen LogP contribution in [0, 0.1) is 0 Å². The van der Waals surface area contributed by atoms with Crippen LogP contribution in [0.2, 0.25) is 0 Å². The summed E-state index contributed by atoms with van der Waals surface area (Å²) >= 11 is 1.33. The third-order valence-electron chi connectivity index (χ3n) is 2.94. The molecule has 5 nitrogen and oxygen atoms in total. The van der Waals surface area contributed by atoms with Crippen LogP contribution in [-0.2, 0) is 0 Å². The molecule has 6 heteroatoms. The number of thiazole rings is 1. The van der Waals surface area contributed by atoms with Crippen molar-refractivity contribution in [2.75, 3.05) is 20.8 Å². The van der Waals surface area contributed by atoms with E-state index in [9.17, 15) is 4.79 Å². The minimum Gasteiger partial charge on any atom is -0.493 e. The topological polar surface area (TPSA) is 60.5 Å². The van der Waals surface area contributed by atoms with Crippen molar-refractivity contribution in [1.82, 2.24) is 10.3 Å². The van der Waals surface area contributed by atoms with E-state index in [-0.39, 0.29) is 5.91 Å². The third kappa shape index (κ3) is 4.43. The van der Waals surface area contributed by atoms with Crippen LogP contribution in [-0.4, -0.2) is 31.7 Å². The molecule has 1 aromatic heterocycles. The van der Waals surface area contributed by atoms with Gasteiger partial charge in [-0.25, -0.2) is 4.98 Å². The molecular weight excluding hydrogens is 312 g/mol. The smallest absolute Gasteiger partial charge is 0.262 e. The van der Waals surface area contributed by atoms with E-state index < -0.39 is 0 Å². The van der Waals surface area contributed by atoms with Gasteiger partial charge in [-0.1, -0.05) is 24.8 Å². The van der Waals surface area contributed by atoms with Crippen LogP contribution < -0.4 is 14.8 Å². The molecule has 23 heavy (non-hydrogen) atoms. The zero-order valence-corrected chi connectivity index (χ0v) is 13.9. The quantitative estimate of drug-likeness (QED) is 0.792. The minimum atomic E-state index is -0.132. The molecular formula is C17H18N2O3S. The second-order valence-electron chi connectivity index (χ2n) is 4.49. The zero-order valence-electron chi connectivity index (χ0n) is 13.0. The van der Waals surface area contributed by atoms with E-state index in [1.165, 1.54) is 11.3 Å². The molecule has 2 aromatic rings. The molecule has 0 radical (unpaired) electrons. The van der Waals surface area contributed by atoms with Gasteiger partial charge in [0.15, 0.2) is 11.5 Å². The molecule has 0 spiro atoms. The molecule has 0 fully saturated rings. The van der Waals surface area contributed by atoms with Crippen molar-refractivity contribution in [3.63, 3.8) is 0 Å². The molecule has 2 rings (SSSR count). The van der Waals surface area contributed by atoms with Gasteiger partial charge in [-0.05, 0) is 23.8 Å². The average Bonchev–Trinajstić information content (AvgIpc) is 3.06. The summed E-state index contributed by atoms with van der Waals surface area (Å²) in [6.45, 7) is 4.04. The Labute approximate surface area is 139 Å². The summed E-state index contributed by atoms with van der Waals surface area (Å²) in [4.78, 5) is 16.3. The number of hydrogen-bond acceptors (Lipinski definition) is 5. The number of hydrogen-bond donors (Lipinski definition) is 1. The van der Waals surface area contributed by atoms with Gasteiger partial charge in [0.25, 0.3) is 5.91 Å². The lowest BCUT2D eigenvalue weighted by Gasteiger charge is -2.09. The molecule has 0 aliphatic heterocycles. The average molecular weight is 330 g/mol. The molecule has 0 saturated heterocycles. The van der Waals surface area contributed by atoms with Crippen molar-refractivity contribution < 1.29 is 14.3 Å². The fraction of sp³-hybridized carbons (Fsp3) is 0.176. The molecule has 0 saturated carbocycles. The summed E-state index contributed by atoms with van der Waals surface area (Å²) in [6.07, 6.45) is 7.01. The predicted octanol–water partition coefficient (Wildman–Crippen LogP) is 3.25. The molecule has 0 aliphatic rings. The van der Waals surface area contributed by atoms with E-state index >= 15 is 0 Å². The van der Waals surface area contributed by atoms with Gasteiger partial charge in [0.05, 0.1) is 13.3 Å². The summed E-state index contributed by atoms with van der Waals surface area (Å²) in [7, 11) is 3.19. The highest BCUT2D eigenvalue weighted by molar-refractivity contribution is 7.14. The molecule has 1 N–H and O–H groups in total. The number of nitrogens with one attached hydrogen (secondary N) is 1. The SMILES string of the molecule is C=CCOc1ccc(/C=C\c2ncc(C(=O)NC)s2)cc1OC. The summed E-state index contributed by atoms with van der Waals surface area (Å²) in [5, 5.41) is 3.34. The van der Waals surface area contributed by atoms with E-state index in [0.717, 1.165) is 10.6 Å². The summed E-state index contributed by atoms with van der Waals surface area (Å²) in [5.41, 5.74) is 0.949. The number of methoxy groups -OCH3 is 1. The van der Waals surface area contributed by atoms with Crippen molar-refractivity contribution in [2.24, 2.45) is 0 Å². The summed E-state index contributed by atoms with van der Waals surface area (Å²) in [5.74, 6) is 1.19. The highest BCUT2D eigenvalue weighted by Crippen LogP contribution is 2.29. The number of benzene rings is 1. The van der Waals surface area contributed by atoms with E-state index in [1.807, 2.05) is 30.4 Å². The summed E-state index contributed by atoms with van der Waals surface area (Å²) in [6, 6.07) is 5.65. The molecule has 1 aromatic carbocycles. The number of rotatable bonds is 7. The van der Waals surface area contributed by atoms with Crippen molar-refractivity contribution in [3.8, 4) is 11.5 Å². The molecule has 0 unspecified atom stereocenters. The Morgan fingerprint density at radius 3 is 2.91 bits per heavy atom. The Bertz CT molecular complexity index is 722. The number of amides is 1. The van der Waals surface area contributed by atoms with Gasteiger partial charge in [-0.2, -0.15) is 0 Å². The first kappa shape index (κ1) is 16.8. The van der Waals surface area contributed by atoms with Crippen molar-refractivity contribution in [2.45, 2.75) is 0 Å². The van der Waals surface area contributed by atoms with Crippen LogP contribution in [0.3, 0.4) is 0 Å². The van der Waals surface area contributed by atoms with Crippen LogP contribution in [0.25, 0.3) is 12.2 Å². The number of carbonyl (C=O) groups is 1. The Balaban J connectivity index is 2.14. The second kappa shape index (κ2) is 8.14. The van der Waals surface area contributed by atoms with Crippen molar-refractivity contribution >= 4 is 29.4 Å². The Morgan fingerprint density at radius 2 is 2.22 bits per heavy atom. The molecule has 0 bridgehead atoms. The first-order valence-electron chi connectivity index (χ1n) is 6.95. The highest BCUT2D eigenvalue weighted by Gasteiger charge is 2.07. The first-order valence-corrected chi connectivity index (χ1v) is 7.77. The van der Waals surface area contributed by atoms with E-state index in [1.54, 1.807) is 26.4 Å². The van der Waals surface area contributed by atoms with Crippen molar-refractivity contribution in [1.29, 1.82) is 0 Å². The largest absolute Gasteiger partial charge is 0.493 e. The van der Waals surface area contributed by atoms with Gasteiger partial charge in [0.2, 0.25) is 0 Å². The Kier molecular flexibility index (Phi) is 5.94. The van der Waals surface area contributed by atoms with Crippen LogP contribution >= 0.6 is 11.3 Å². The van der Waals surface area contributed by atoms with Gasteiger partial charge in [-0.15, -0.1) is 11.3 Å². The van der Waals surface area contributed by atoms with Gasteiger partial charge in [-0.3, -0.25) is 4.79 Å². The van der Waals surface area contributed by atoms with E-state index in [0.29, 0.717) is 23.0 Å². The standard InChI is InChI=1S/C17H18N2O3S/c1-4-9-22-13-7-5-12(10-14(13)21-3)6-8-16-19-11-15(23-16)17(20)18-2/h4-8,10-11H,1,9H2,2-3H3,(H,18,20)/b8-6-. The second-order valence-corrected chi connectivity index (χ2v) is 5.55. The number of ether oxygens (including phenoxy) is 2. The predicted molar refractivity (Wildman–Crippen MR) is 93.1 cm³/mol. The number of aromatic nitrogens is 1.